The van der Waals surface area contributed by atoms with Crippen LogP contribution in [0, 0.1) is 5.92 Å². The Morgan fingerprint density at radius 2 is 1.67 bits per heavy atom. The fraction of sp³-hybridized carbons (Fsp3) is 0.581. The molecule has 0 unspecified atom stereocenters. The quantitative estimate of drug-likeness (QED) is 0.200. The van der Waals surface area contributed by atoms with E-state index in [0.29, 0.717) is 38.6 Å². The van der Waals surface area contributed by atoms with E-state index in [2.05, 4.69) is 41.8 Å². The molecule has 0 spiro atoms. The number of rotatable bonds is 11. The molecule has 1 fully saturated rings. The first-order valence-corrected chi connectivity index (χ1v) is 14.2. The van der Waals surface area contributed by atoms with Crippen molar-refractivity contribution in [2.24, 2.45) is 5.92 Å². The van der Waals surface area contributed by atoms with E-state index >= 15 is 0 Å². The first-order valence-electron chi connectivity index (χ1n) is 14.2. The van der Waals surface area contributed by atoms with Crippen LogP contribution in [0.2, 0.25) is 0 Å². The Morgan fingerprint density at radius 1 is 0.917 bits per heavy atom. The van der Waals surface area contributed by atoms with Gasteiger partial charge in [0.2, 0.25) is 0 Å². The lowest BCUT2D eigenvalue weighted by Gasteiger charge is -2.19. The Kier molecular flexibility index (Phi) is 9.94. The number of fused-ring (bicyclic) bond motifs is 3. The van der Waals surface area contributed by atoms with E-state index in [1.165, 1.54) is 67.8 Å². The van der Waals surface area contributed by atoms with Crippen LogP contribution in [-0.4, -0.2) is 30.4 Å². The van der Waals surface area contributed by atoms with Crippen molar-refractivity contribution >= 4 is 27.8 Å². The summed E-state index contributed by atoms with van der Waals surface area (Å²) < 4.78 is 20.0. The second kappa shape index (κ2) is 13.6. The van der Waals surface area contributed by atoms with Gasteiger partial charge in [-0.15, -0.1) is 0 Å². The minimum absolute atomic E-state index is 0.169. The van der Waals surface area contributed by atoms with E-state index in [0.717, 1.165) is 29.9 Å². The second-order valence-corrected chi connectivity index (χ2v) is 10.1. The SMILES string of the molecule is CCCOc1cc(OCCCC(=O)OCC)c2c3ccccc3n(CC3CCCCCCCC3)c2c1. The number of nitrogens with zero attached hydrogens (tertiary/aromatic N) is 1. The number of ether oxygens (including phenoxy) is 3. The summed E-state index contributed by atoms with van der Waals surface area (Å²) in [6, 6.07) is 12.9. The first kappa shape index (κ1) is 26.4. The van der Waals surface area contributed by atoms with E-state index < -0.39 is 0 Å². The number of carbonyl (C=O) groups is 1. The third kappa shape index (κ3) is 6.74. The molecule has 196 valence electrons. The number of esters is 1. The van der Waals surface area contributed by atoms with Gasteiger partial charge in [-0.05, 0) is 44.6 Å². The Labute approximate surface area is 216 Å². The zero-order valence-corrected chi connectivity index (χ0v) is 22.2. The van der Waals surface area contributed by atoms with Crippen LogP contribution in [0.3, 0.4) is 0 Å². The summed E-state index contributed by atoms with van der Waals surface area (Å²) >= 11 is 0. The van der Waals surface area contributed by atoms with E-state index in [-0.39, 0.29) is 5.97 Å². The molecule has 0 atom stereocenters. The van der Waals surface area contributed by atoms with Gasteiger partial charge in [-0.2, -0.15) is 0 Å². The molecule has 4 rings (SSSR count). The molecule has 1 aliphatic carbocycles. The van der Waals surface area contributed by atoms with Crippen LogP contribution in [0.15, 0.2) is 36.4 Å². The highest BCUT2D eigenvalue weighted by atomic mass is 16.5. The number of hydrogen-bond donors (Lipinski definition) is 0. The van der Waals surface area contributed by atoms with Gasteiger partial charge >= 0.3 is 5.97 Å². The minimum Gasteiger partial charge on any atom is -0.493 e. The third-order valence-electron chi connectivity index (χ3n) is 7.29. The van der Waals surface area contributed by atoms with E-state index in [4.69, 9.17) is 14.2 Å². The Bertz CT molecular complexity index is 1110. The van der Waals surface area contributed by atoms with Crippen LogP contribution in [0.25, 0.3) is 21.8 Å². The van der Waals surface area contributed by atoms with Crippen LogP contribution in [0.4, 0.5) is 0 Å². The molecule has 1 aromatic heterocycles. The first-order chi connectivity index (χ1) is 17.7. The highest BCUT2D eigenvalue weighted by Gasteiger charge is 2.20. The number of carbonyl (C=O) groups excluding carboxylic acids is 1. The molecule has 5 nitrogen and oxygen atoms in total. The topological polar surface area (TPSA) is 49.7 Å². The number of hydrogen-bond acceptors (Lipinski definition) is 4. The smallest absolute Gasteiger partial charge is 0.305 e. The van der Waals surface area contributed by atoms with Gasteiger partial charge < -0.3 is 18.8 Å². The van der Waals surface area contributed by atoms with E-state index in [9.17, 15) is 4.79 Å². The van der Waals surface area contributed by atoms with E-state index in [1.807, 2.05) is 13.0 Å². The summed E-state index contributed by atoms with van der Waals surface area (Å²) in [7, 11) is 0. The second-order valence-electron chi connectivity index (χ2n) is 10.1. The summed E-state index contributed by atoms with van der Waals surface area (Å²) in [5, 5.41) is 2.37. The number of benzene rings is 2. The zero-order valence-electron chi connectivity index (χ0n) is 22.2. The molecule has 0 amide bonds. The normalized spacial score (nSPS) is 15.4. The van der Waals surface area contributed by atoms with Gasteiger partial charge in [0.05, 0.1) is 25.3 Å². The summed E-state index contributed by atoms with van der Waals surface area (Å²) in [6.45, 7) is 6.55. The molecule has 0 radical (unpaired) electrons. The maximum absolute atomic E-state index is 11.8. The van der Waals surface area contributed by atoms with Gasteiger partial charge in [0.1, 0.15) is 11.5 Å². The van der Waals surface area contributed by atoms with Gasteiger partial charge in [0.25, 0.3) is 0 Å². The number of aromatic nitrogens is 1. The van der Waals surface area contributed by atoms with Gasteiger partial charge in [-0.1, -0.05) is 63.6 Å². The van der Waals surface area contributed by atoms with Crippen molar-refractivity contribution in [1.29, 1.82) is 0 Å². The molecule has 1 saturated carbocycles. The maximum Gasteiger partial charge on any atom is 0.305 e. The van der Waals surface area contributed by atoms with Crippen LogP contribution in [0.1, 0.15) is 84.5 Å². The molecule has 36 heavy (non-hydrogen) atoms. The molecular formula is C31H43NO4. The molecule has 0 N–H and O–H groups in total. The zero-order chi connectivity index (χ0) is 25.2. The summed E-state index contributed by atoms with van der Waals surface area (Å²) in [6.07, 6.45) is 12.7. The Hall–Kier alpha value is -2.69. The fourth-order valence-corrected chi connectivity index (χ4v) is 5.51. The average molecular weight is 494 g/mol. The molecule has 5 heteroatoms. The van der Waals surface area contributed by atoms with Crippen LogP contribution in [-0.2, 0) is 16.1 Å². The fourth-order valence-electron chi connectivity index (χ4n) is 5.51. The van der Waals surface area contributed by atoms with Crippen LogP contribution in [0.5, 0.6) is 11.5 Å². The Morgan fingerprint density at radius 3 is 2.42 bits per heavy atom. The van der Waals surface area contributed by atoms with Gasteiger partial charge in [0, 0.05) is 41.4 Å². The van der Waals surface area contributed by atoms with Crippen molar-refractivity contribution in [2.45, 2.75) is 91.0 Å². The summed E-state index contributed by atoms with van der Waals surface area (Å²) in [5.41, 5.74) is 2.45. The predicted octanol–water partition coefficient (Wildman–Crippen LogP) is 8.06. The van der Waals surface area contributed by atoms with Gasteiger partial charge in [0.15, 0.2) is 0 Å². The molecule has 0 bridgehead atoms. The molecule has 3 aromatic rings. The molecule has 0 saturated heterocycles. The predicted molar refractivity (Wildman–Crippen MR) is 147 cm³/mol. The van der Waals surface area contributed by atoms with Crippen molar-refractivity contribution in [3.8, 4) is 11.5 Å². The summed E-state index contributed by atoms with van der Waals surface area (Å²) in [4.78, 5) is 11.8. The molecule has 1 heterocycles. The molecule has 0 aliphatic heterocycles. The monoisotopic (exact) mass is 493 g/mol. The van der Waals surface area contributed by atoms with Crippen molar-refractivity contribution in [2.75, 3.05) is 19.8 Å². The van der Waals surface area contributed by atoms with Gasteiger partial charge in [-0.25, -0.2) is 0 Å². The lowest BCUT2D eigenvalue weighted by atomic mass is 9.96. The molecule has 1 aliphatic rings. The lowest BCUT2D eigenvalue weighted by Crippen LogP contribution is -2.11. The van der Waals surface area contributed by atoms with Crippen LogP contribution < -0.4 is 9.47 Å². The Balaban J connectivity index is 1.68. The lowest BCUT2D eigenvalue weighted by molar-refractivity contribution is -0.143. The highest BCUT2D eigenvalue weighted by Crippen LogP contribution is 2.40. The van der Waals surface area contributed by atoms with Crippen molar-refractivity contribution in [1.82, 2.24) is 4.57 Å². The number of para-hydroxylation sites is 1. The van der Waals surface area contributed by atoms with Gasteiger partial charge in [-0.3, -0.25) is 4.79 Å². The largest absolute Gasteiger partial charge is 0.493 e. The third-order valence-corrected chi connectivity index (χ3v) is 7.29. The van der Waals surface area contributed by atoms with Crippen molar-refractivity contribution < 1.29 is 19.0 Å². The minimum atomic E-state index is -0.169. The molecular weight excluding hydrogens is 450 g/mol. The highest BCUT2D eigenvalue weighted by molar-refractivity contribution is 6.11. The molecule has 2 aromatic carbocycles. The van der Waals surface area contributed by atoms with Crippen molar-refractivity contribution in [3.05, 3.63) is 36.4 Å². The van der Waals surface area contributed by atoms with Crippen molar-refractivity contribution in [3.63, 3.8) is 0 Å². The van der Waals surface area contributed by atoms with E-state index in [1.54, 1.807) is 0 Å². The average Bonchev–Trinajstić information content (AvgIpc) is 3.26. The van der Waals surface area contributed by atoms with Crippen LogP contribution >= 0.6 is 0 Å². The maximum atomic E-state index is 11.8. The summed E-state index contributed by atoms with van der Waals surface area (Å²) in [5.74, 6) is 2.21. The standard InChI is InChI=1S/C31H43NO4/c1-3-19-35-25-21-28-31(29(22-25)36-20-13-18-30(33)34-4-2)26-16-11-12-17-27(26)32(28)23-24-14-9-7-5-6-8-10-15-24/h11-12,16-17,21-22,24H,3-10,13-15,18-20,23H2,1-2H3.